The van der Waals surface area contributed by atoms with Gasteiger partial charge in [0.25, 0.3) is 0 Å². The van der Waals surface area contributed by atoms with Crippen molar-refractivity contribution >= 4 is 17.6 Å². The number of piperidine rings is 1. The molecular formula is C18H20N8. The minimum Gasteiger partial charge on any atom is -0.355 e. The molecule has 1 N–H and O–H groups in total. The number of aryl methyl sites for hydroxylation is 1. The molecule has 0 aromatic carbocycles. The first-order valence-corrected chi connectivity index (χ1v) is 8.68. The molecule has 0 saturated carbocycles. The Morgan fingerprint density at radius 2 is 1.96 bits per heavy atom. The molecule has 0 amide bonds. The second kappa shape index (κ2) is 7.38. The van der Waals surface area contributed by atoms with Gasteiger partial charge in [-0.05, 0) is 25.8 Å². The van der Waals surface area contributed by atoms with Crippen molar-refractivity contribution in [3.63, 3.8) is 0 Å². The Balaban J connectivity index is 1.55. The lowest BCUT2D eigenvalue weighted by molar-refractivity contribution is 0.488. The molecule has 1 aliphatic heterocycles. The van der Waals surface area contributed by atoms with Crippen molar-refractivity contribution in [3.8, 4) is 0 Å². The van der Waals surface area contributed by atoms with Gasteiger partial charge >= 0.3 is 0 Å². The predicted molar refractivity (Wildman–Crippen MR) is 98.3 cm³/mol. The summed E-state index contributed by atoms with van der Waals surface area (Å²) >= 11 is 0. The quantitative estimate of drug-likeness (QED) is 0.769. The minimum atomic E-state index is 0.253. The summed E-state index contributed by atoms with van der Waals surface area (Å²) in [7, 11) is 0. The van der Waals surface area contributed by atoms with Crippen molar-refractivity contribution in [1.29, 1.82) is 0 Å². The third-order valence-corrected chi connectivity index (χ3v) is 4.34. The lowest BCUT2D eigenvalue weighted by atomic mass is 9.97. The van der Waals surface area contributed by atoms with Crippen LogP contribution in [0.25, 0.3) is 0 Å². The molecule has 0 spiro atoms. The van der Waals surface area contributed by atoms with E-state index in [-0.39, 0.29) is 5.92 Å². The number of rotatable bonds is 4. The Bertz CT molecular complexity index is 856. The number of hydrogen-bond donors (Lipinski definition) is 1. The average molecular weight is 348 g/mol. The normalized spacial score (nSPS) is 17.1. The van der Waals surface area contributed by atoms with Gasteiger partial charge in [0.2, 0.25) is 5.95 Å². The van der Waals surface area contributed by atoms with E-state index in [1.54, 1.807) is 37.1 Å². The maximum absolute atomic E-state index is 4.72. The van der Waals surface area contributed by atoms with E-state index in [1.807, 2.05) is 13.0 Å². The zero-order valence-corrected chi connectivity index (χ0v) is 14.6. The topological polar surface area (TPSA) is 92.6 Å². The summed E-state index contributed by atoms with van der Waals surface area (Å²) in [5.41, 5.74) is 0.921. The Hall–Kier alpha value is -3.16. The van der Waals surface area contributed by atoms with Gasteiger partial charge in [0.05, 0.1) is 6.20 Å². The Morgan fingerprint density at radius 3 is 2.77 bits per heavy atom. The van der Waals surface area contributed by atoms with Crippen LogP contribution in [0.5, 0.6) is 0 Å². The molecule has 3 aromatic heterocycles. The van der Waals surface area contributed by atoms with Gasteiger partial charge in [0.15, 0.2) is 0 Å². The van der Waals surface area contributed by atoms with E-state index < -0.39 is 0 Å². The molecule has 8 heteroatoms. The summed E-state index contributed by atoms with van der Waals surface area (Å²) in [5.74, 6) is 3.25. The van der Waals surface area contributed by atoms with Crippen LogP contribution in [0.2, 0.25) is 0 Å². The fourth-order valence-corrected chi connectivity index (χ4v) is 3.17. The number of hydrogen-bond acceptors (Lipinski definition) is 8. The van der Waals surface area contributed by atoms with Crippen molar-refractivity contribution in [1.82, 2.24) is 29.9 Å². The predicted octanol–water partition coefficient (Wildman–Crippen LogP) is 2.49. The number of nitrogens with one attached hydrogen (secondary N) is 1. The summed E-state index contributed by atoms with van der Waals surface area (Å²) in [6.45, 7) is 3.79. The largest absolute Gasteiger partial charge is 0.355 e. The molecule has 132 valence electrons. The van der Waals surface area contributed by atoms with Crippen LogP contribution in [-0.4, -0.2) is 43.0 Å². The molecule has 8 nitrogen and oxygen atoms in total. The first kappa shape index (κ1) is 16.3. The molecule has 3 aromatic rings. The van der Waals surface area contributed by atoms with Gasteiger partial charge in [0.1, 0.15) is 17.5 Å². The fourth-order valence-electron chi connectivity index (χ4n) is 3.17. The lowest BCUT2D eigenvalue weighted by Gasteiger charge is -2.32. The molecule has 1 saturated heterocycles. The molecular weight excluding hydrogens is 328 g/mol. The van der Waals surface area contributed by atoms with Crippen LogP contribution in [0, 0.1) is 6.92 Å². The molecule has 0 bridgehead atoms. The van der Waals surface area contributed by atoms with Gasteiger partial charge < -0.3 is 10.2 Å². The van der Waals surface area contributed by atoms with Crippen LogP contribution >= 0.6 is 0 Å². The molecule has 1 fully saturated rings. The Labute approximate surface area is 151 Å². The van der Waals surface area contributed by atoms with E-state index in [1.165, 1.54) is 0 Å². The molecule has 1 atom stereocenters. The SMILES string of the molecule is Cc1cc(Nc2ncccn2)nc(C2CCCN(c3cnccn3)C2)n1. The third-order valence-electron chi connectivity index (χ3n) is 4.34. The maximum atomic E-state index is 4.72. The molecule has 4 heterocycles. The number of nitrogens with zero attached hydrogens (tertiary/aromatic N) is 7. The summed E-state index contributed by atoms with van der Waals surface area (Å²) < 4.78 is 0. The van der Waals surface area contributed by atoms with Crippen molar-refractivity contribution in [2.75, 3.05) is 23.3 Å². The second-order valence-electron chi connectivity index (χ2n) is 6.30. The standard InChI is InChI=1S/C18H20N8/c1-13-10-15(25-18-21-5-3-6-22-18)24-17(23-13)14-4-2-9-26(12-14)16-11-19-7-8-20-16/h3,5-8,10-11,14H,2,4,9,12H2,1H3,(H,21,22,23,24,25). The average Bonchev–Trinajstić information content (AvgIpc) is 2.69. The Morgan fingerprint density at radius 1 is 1.08 bits per heavy atom. The van der Waals surface area contributed by atoms with E-state index in [4.69, 9.17) is 4.98 Å². The fraction of sp³-hybridized carbons (Fsp3) is 0.333. The van der Waals surface area contributed by atoms with Crippen LogP contribution in [0.1, 0.15) is 30.3 Å². The van der Waals surface area contributed by atoms with E-state index in [2.05, 4.69) is 35.1 Å². The molecule has 26 heavy (non-hydrogen) atoms. The summed E-state index contributed by atoms with van der Waals surface area (Å²) in [6, 6.07) is 3.69. The molecule has 0 aliphatic carbocycles. The summed E-state index contributed by atoms with van der Waals surface area (Å²) in [6.07, 6.45) is 10.8. The zero-order valence-electron chi connectivity index (χ0n) is 14.6. The summed E-state index contributed by atoms with van der Waals surface area (Å²) in [5, 5.41) is 3.16. The van der Waals surface area contributed by atoms with Gasteiger partial charge in [-0.2, -0.15) is 0 Å². The monoisotopic (exact) mass is 348 g/mol. The van der Waals surface area contributed by atoms with Crippen molar-refractivity contribution < 1.29 is 0 Å². The molecule has 1 aliphatic rings. The summed E-state index contributed by atoms with van der Waals surface area (Å²) in [4.78, 5) is 28.6. The van der Waals surface area contributed by atoms with E-state index in [0.717, 1.165) is 49.1 Å². The first-order chi connectivity index (χ1) is 12.8. The van der Waals surface area contributed by atoms with Crippen molar-refractivity contribution in [3.05, 3.63) is 54.6 Å². The molecule has 1 unspecified atom stereocenters. The highest BCUT2D eigenvalue weighted by atomic mass is 15.2. The zero-order chi connectivity index (χ0) is 17.8. The van der Waals surface area contributed by atoms with Crippen LogP contribution in [0.15, 0.2) is 43.1 Å². The lowest BCUT2D eigenvalue weighted by Crippen LogP contribution is -2.35. The van der Waals surface area contributed by atoms with Gasteiger partial charge in [0, 0.05) is 55.6 Å². The Kier molecular flexibility index (Phi) is 4.63. The van der Waals surface area contributed by atoms with Gasteiger partial charge in [-0.15, -0.1) is 0 Å². The number of anilines is 3. The smallest absolute Gasteiger partial charge is 0.228 e. The minimum absolute atomic E-state index is 0.253. The first-order valence-electron chi connectivity index (χ1n) is 8.68. The van der Waals surface area contributed by atoms with Crippen molar-refractivity contribution in [2.45, 2.75) is 25.7 Å². The van der Waals surface area contributed by atoms with Crippen LogP contribution in [-0.2, 0) is 0 Å². The van der Waals surface area contributed by atoms with Gasteiger partial charge in [-0.3, -0.25) is 4.98 Å². The molecule has 0 radical (unpaired) electrons. The third kappa shape index (κ3) is 3.74. The van der Waals surface area contributed by atoms with Crippen LogP contribution < -0.4 is 10.2 Å². The highest BCUT2D eigenvalue weighted by Gasteiger charge is 2.25. The highest BCUT2D eigenvalue weighted by molar-refractivity contribution is 5.48. The van der Waals surface area contributed by atoms with E-state index in [0.29, 0.717) is 5.95 Å². The molecule has 4 rings (SSSR count). The van der Waals surface area contributed by atoms with Gasteiger partial charge in [-0.25, -0.2) is 24.9 Å². The number of aromatic nitrogens is 6. The van der Waals surface area contributed by atoms with E-state index >= 15 is 0 Å². The van der Waals surface area contributed by atoms with E-state index in [9.17, 15) is 0 Å². The van der Waals surface area contributed by atoms with Gasteiger partial charge in [-0.1, -0.05) is 0 Å². The van der Waals surface area contributed by atoms with Crippen molar-refractivity contribution in [2.24, 2.45) is 0 Å². The highest BCUT2D eigenvalue weighted by Crippen LogP contribution is 2.28. The van der Waals surface area contributed by atoms with Crippen LogP contribution in [0.4, 0.5) is 17.6 Å². The maximum Gasteiger partial charge on any atom is 0.228 e. The van der Waals surface area contributed by atoms with Crippen LogP contribution in [0.3, 0.4) is 0 Å². The second-order valence-corrected chi connectivity index (χ2v) is 6.30.